The molecule has 0 saturated carbocycles. The Morgan fingerprint density at radius 1 is 1.45 bits per heavy atom. The van der Waals surface area contributed by atoms with Gasteiger partial charge in [-0.05, 0) is 32.9 Å². The topological polar surface area (TPSA) is 53.9 Å². The van der Waals surface area contributed by atoms with Crippen LogP contribution in [0, 0.1) is 5.82 Å². The van der Waals surface area contributed by atoms with Crippen molar-refractivity contribution in [3.63, 3.8) is 0 Å². The lowest BCUT2D eigenvalue weighted by atomic mass is 10.2. The summed E-state index contributed by atoms with van der Waals surface area (Å²) in [6.45, 7) is 5.35. The van der Waals surface area contributed by atoms with E-state index in [1.807, 2.05) is 0 Å². The molecule has 0 heterocycles. The van der Waals surface area contributed by atoms with Crippen LogP contribution in [0.15, 0.2) is 16.5 Å². The Bertz CT molecular complexity index is 491. The van der Waals surface area contributed by atoms with Crippen LogP contribution in [-0.2, 0) is 16.1 Å². The highest BCUT2D eigenvalue weighted by Crippen LogP contribution is 2.28. The maximum atomic E-state index is 13.5. The average Bonchev–Trinajstić information content (AvgIpc) is 2.37. The molecule has 0 amide bonds. The zero-order valence-corrected chi connectivity index (χ0v) is 13.3. The Hall–Kier alpha value is -0.820. The van der Waals surface area contributed by atoms with Gasteiger partial charge < -0.3 is 14.0 Å². The molecule has 0 aliphatic carbocycles. The summed E-state index contributed by atoms with van der Waals surface area (Å²) >= 11 is 4.42. The largest absolute Gasteiger partial charge is 0.591 e. The second-order valence-corrected chi connectivity index (χ2v) is 7.23. The van der Waals surface area contributed by atoms with Gasteiger partial charge in [-0.2, -0.15) is 0 Å². The van der Waals surface area contributed by atoms with Crippen molar-refractivity contribution in [3.8, 4) is 5.75 Å². The fourth-order valence-corrected chi connectivity index (χ4v) is 1.90. The minimum Gasteiger partial charge on any atom is -0.591 e. The van der Waals surface area contributed by atoms with Gasteiger partial charge >= 0.3 is 0 Å². The van der Waals surface area contributed by atoms with Crippen molar-refractivity contribution in [1.29, 1.82) is 0 Å². The second-order valence-electron chi connectivity index (χ2n) is 4.92. The number of rotatable bonds is 5. The van der Waals surface area contributed by atoms with Gasteiger partial charge in [0.05, 0.1) is 16.8 Å². The van der Waals surface area contributed by atoms with Crippen LogP contribution in [0.5, 0.6) is 5.75 Å². The normalized spacial score (nSPS) is 13.8. The summed E-state index contributed by atoms with van der Waals surface area (Å²) in [6, 6.07) is 2.60. The average molecular weight is 322 g/mol. The lowest BCUT2D eigenvalue weighted by molar-refractivity contribution is 0.0510. The van der Waals surface area contributed by atoms with E-state index >= 15 is 0 Å². The van der Waals surface area contributed by atoms with Gasteiger partial charge in [0.25, 0.3) is 0 Å². The molecule has 0 spiro atoms. The summed E-state index contributed by atoms with van der Waals surface area (Å²) in [7, 11) is 1.47. The summed E-state index contributed by atoms with van der Waals surface area (Å²) in [6.07, 6.45) is 1.26. The van der Waals surface area contributed by atoms with E-state index in [0.717, 1.165) is 0 Å². The molecule has 1 unspecified atom stereocenters. The van der Waals surface area contributed by atoms with Crippen molar-refractivity contribution in [2.45, 2.75) is 25.5 Å². The Morgan fingerprint density at radius 3 is 2.65 bits per heavy atom. The van der Waals surface area contributed by atoms with Crippen LogP contribution in [0.4, 0.5) is 4.39 Å². The SMILES string of the molecule is COCOc1ccc(F)c(Cl)c1C=N[S+]([O-])C(C)(C)C. The second kappa shape index (κ2) is 7.26. The first-order valence-corrected chi connectivity index (χ1v) is 7.31. The highest BCUT2D eigenvalue weighted by molar-refractivity contribution is 7.91. The molecule has 0 radical (unpaired) electrons. The quantitative estimate of drug-likeness (QED) is 0.475. The Labute approximate surface area is 126 Å². The number of ether oxygens (including phenoxy) is 2. The van der Waals surface area contributed by atoms with Gasteiger partial charge in [-0.3, -0.25) is 0 Å². The smallest absolute Gasteiger partial charge is 0.188 e. The first kappa shape index (κ1) is 17.2. The van der Waals surface area contributed by atoms with E-state index in [2.05, 4.69) is 4.40 Å². The number of nitrogens with zero attached hydrogens (tertiary/aromatic N) is 1. The van der Waals surface area contributed by atoms with Crippen molar-refractivity contribution in [2.75, 3.05) is 13.9 Å². The zero-order valence-electron chi connectivity index (χ0n) is 11.8. The predicted octanol–water partition coefficient (Wildman–Crippen LogP) is 3.34. The molecular weight excluding hydrogens is 305 g/mol. The van der Waals surface area contributed by atoms with E-state index in [1.165, 1.54) is 25.5 Å². The number of hydrogen-bond acceptors (Lipinski definition) is 4. The van der Waals surface area contributed by atoms with E-state index < -0.39 is 21.9 Å². The molecule has 0 aromatic heterocycles. The minimum atomic E-state index is -1.47. The number of hydrogen-bond donors (Lipinski definition) is 0. The minimum absolute atomic E-state index is 0.00877. The molecule has 0 aliphatic rings. The van der Waals surface area contributed by atoms with Gasteiger partial charge in [0.2, 0.25) is 0 Å². The van der Waals surface area contributed by atoms with Gasteiger partial charge in [0, 0.05) is 7.11 Å². The molecule has 0 aliphatic heterocycles. The number of halogens is 2. The third-order valence-corrected chi connectivity index (χ3v) is 3.96. The molecule has 112 valence electrons. The van der Waals surface area contributed by atoms with Crippen LogP contribution >= 0.6 is 11.6 Å². The van der Waals surface area contributed by atoms with Gasteiger partial charge in [-0.1, -0.05) is 16.0 Å². The molecule has 0 bridgehead atoms. The van der Waals surface area contributed by atoms with E-state index in [4.69, 9.17) is 21.1 Å². The van der Waals surface area contributed by atoms with Crippen LogP contribution in [0.2, 0.25) is 5.02 Å². The van der Waals surface area contributed by atoms with E-state index in [0.29, 0.717) is 5.75 Å². The lowest BCUT2D eigenvalue weighted by Gasteiger charge is -2.18. The van der Waals surface area contributed by atoms with Crippen LogP contribution < -0.4 is 4.74 Å². The van der Waals surface area contributed by atoms with Gasteiger partial charge in [-0.15, -0.1) is 0 Å². The Morgan fingerprint density at radius 2 is 2.10 bits per heavy atom. The monoisotopic (exact) mass is 321 g/mol. The van der Waals surface area contributed by atoms with E-state index in [1.54, 1.807) is 20.8 Å². The lowest BCUT2D eigenvalue weighted by Crippen LogP contribution is -2.25. The maximum absolute atomic E-state index is 13.5. The van der Waals surface area contributed by atoms with Crippen LogP contribution in [-0.4, -0.2) is 29.4 Å². The molecule has 4 nitrogen and oxygen atoms in total. The molecule has 1 atom stereocenters. The summed E-state index contributed by atoms with van der Waals surface area (Å²) in [5, 5.41) is -0.131. The fraction of sp³-hybridized carbons (Fsp3) is 0.462. The molecular formula is C13H17ClFNO3S. The van der Waals surface area contributed by atoms with Gasteiger partial charge in [-0.25, -0.2) is 4.39 Å². The number of methoxy groups -OCH3 is 1. The highest BCUT2D eigenvalue weighted by Gasteiger charge is 2.26. The summed E-state index contributed by atoms with van der Waals surface area (Å²) in [5.41, 5.74) is 0.237. The molecule has 0 N–H and O–H groups in total. The third-order valence-electron chi connectivity index (χ3n) is 2.23. The standard InChI is InChI=1S/C13H17ClFNO3S/c1-13(2,3)20(17)16-7-9-11(19-8-18-4)6-5-10(15)12(9)14/h5-7H,8H2,1-4H3. The summed E-state index contributed by atoms with van der Waals surface area (Å²) < 4.78 is 38.8. The van der Waals surface area contributed by atoms with Crippen molar-refractivity contribution in [3.05, 3.63) is 28.5 Å². The Balaban J connectivity index is 3.08. The fourth-order valence-electron chi connectivity index (χ4n) is 1.18. The summed E-state index contributed by atoms with van der Waals surface area (Å²) in [5.74, 6) is -0.285. The molecule has 7 heteroatoms. The molecule has 1 aromatic rings. The van der Waals surface area contributed by atoms with E-state index in [-0.39, 0.29) is 17.4 Å². The zero-order chi connectivity index (χ0) is 15.3. The predicted molar refractivity (Wildman–Crippen MR) is 79.4 cm³/mol. The summed E-state index contributed by atoms with van der Waals surface area (Å²) in [4.78, 5) is 0. The van der Waals surface area contributed by atoms with Crippen molar-refractivity contribution in [1.82, 2.24) is 0 Å². The number of benzene rings is 1. The first-order chi connectivity index (χ1) is 9.27. The van der Waals surface area contributed by atoms with Gasteiger partial charge in [0.15, 0.2) is 6.79 Å². The van der Waals surface area contributed by atoms with Crippen LogP contribution in [0.1, 0.15) is 26.3 Å². The molecule has 1 aromatic carbocycles. The molecule has 1 rings (SSSR count). The molecule has 0 fully saturated rings. The van der Waals surface area contributed by atoms with Crippen molar-refractivity contribution in [2.24, 2.45) is 4.40 Å². The molecule has 20 heavy (non-hydrogen) atoms. The van der Waals surface area contributed by atoms with Crippen molar-refractivity contribution >= 4 is 29.2 Å². The highest BCUT2D eigenvalue weighted by atomic mass is 35.5. The molecule has 0 saturated heterocycles. The Kier molecular flexibility index (Phi) is 6.26. The van der Waals surface area contributed by atoms with Crippen LogP contribution in [0.3, 0.4) is 0 Å². The van der Waals surface area contributed by atoms with Gasteiger partial charge in [0.1, 0.15) is 27.7 Å². The van der Waals surface area contributed by atoms with Crippen molar-refractivity contribution < 1.29 is 18.4 Å². The first-order valence-electron chi connectivity index (χ1n) is 5.83. The third kappa shape index (κ3) is 4.63. The maximum Gasteiger partial charge on any atom is 0.188 e. The van der Waals surface area contributed by atoms with Crippen LogP contribution in [0.25, 0.3) is 0 Å². The van der Waals surface area contributed by atoms with E-state index in [9.17, 15) is 8.94 Å².